The third kappa shape index (κ3) is 4.38. The van der Waals surface area contributed by atoms with Crippen molar-refractivity contribution in [3.05, 3.63) is 22.5 Å². The predicted molar refractivity (Wildman–Crippen MR) is 81.1 cm³/mol. The van der Waals surface area contributed by atoms with Crippen LogP contribution in [-0.2, 0) is 4.79 Å². The average molecular weight is 336 g/mol. The lowest BCUT2D eigenvalue weighted by Crippen LogP contribution is -2.26. The van der Waals surface area contributed by atoms with E-state index in [1.54, 1.807) is 12.2 Å². The smallest absolute Gasteiger partial charge is 0.340 e. The second kappa shape index (κ2) is 7.48. The van der Waals surface area contributed by atoms with Gasteiger partial charge in [0.15, 0.2) is 5.96 Å². The van der Waals surface area contributed by atoms with E-state index in [0.717, 1.165) is 24.6 Å². The first-order chi connectivity index (χ1) is 8.56. The fraction of sp³-hybridized carbons (Fsp3) is 0.455. The van der Waals surface area contributed by atoms with E-state index >= 15 is 0 Å². The lowest BCUT2D eigenvalue weighted by Gasteiger charge is -2.23. The number of carboxylic acid groups (broad SMARTS) is 1. The maximum absolute atomic E-state index is 11.1. The van der Waals surface area contributed by atoms with Crippen LogP contribution < -0.4 is 11.5 Å². The molecule has 1 rings (SSSR count). The van der Waals surface area contributed by atoms with E-state index in [-0.39, 0.29) is 11.3 Å². The first-order valence-corrected chi connectivity index (χ1v) is 8.21. The van der Waals surface area contributed by atoms with E-state index in [9.17, 15) is 4.79 Å². The molecule has 0 aromatic rings. The summed E-state index contributed by atoms with van der Waals surface area (Å²) in [7, 11) is -0.942. The number of halogens is 1. The third-order valence-corrected chi connectivity index (χ3v) is 5.43. The Balaban J connectivity index is 2.76. The molecule has 0 fully saturated rings. The van der Waals surface area contributed by atoms with Crippen molar-refractivity contribution in [1.29, 1.82) is 0 Å². The predicted octanol–water partition coefficient (Wildman–Crippen LogP) is 1.65. The minimum atomic E-state index is -0.942. The zero-order valence-electron chi connectivity index (χ0n) is 9.92. The third-order valence-electron chi connectivity index (χ3n) is 2.46. The molecule has 2 atom stereocenters. The number of aliphatic imine (C=N–C) groups is 1. The summed E-state index contributed by atoms with van der Waals surface area (Å²) in [6.07, 6.45) is 6.19. The van der Waals surface area contributed by atoms with Crippen molar-refractivity contribution in [3.63, 3.8) is 0 Å². The minimum Gasteiger partial charge on any atom is -0.477 e. The Labute approximate surface area is 117 Å². The first kappa shape index (κ1) is 15.1. The molecule has 7 heteroatoms. The molecule has 5 N–H and O–H groups in total. The summed E-state index contributed by atoms with van der Waals surface area (Å²) in [6, 6.07) is 0. The summed E-state index contributed by atoms with van der Waals surface area (Å²) in [5.41, 5.74) is 10.8. The van der Waals surface area contributed by atoms with Gasteiger partial charge in [-0.3, -0.25) is 0 Å². The molecular formula is C11H18BrN3O2S. The number of unbranched alkanes of at least 4 members (excludes halogenated alkanes) is 1. The van der Waals surface area contributed by atoms with Crippen LogP contribution >= 0.6 is 26.8 Å². The minimum absolute atomic E-state index is 0.0198. The van der Waals surface area contributed by atoms with Gasteiger partial charge in [-0.25, -0.2) is 9.79 Å². The summed E-state index contributed by atoms with van der Waals surface area (Å²) in [5.74, 6) is -0.867. The molecule has 0 amide bonds. The number of carboxylic acids is 1. The Morgan fingerprint density at radius 1 is 1.50 bits per heavy atom. The van der Waals surface area contributed by atoms with E-state index in [2.05, 4.69) is 20.9 Å². The van der Waals surface area contributed by atoms with E-state index in [1.807, 2.05) is 5.41 Å². The molecule has 0 aromatic carbocycles. The highest BCUT2D eigenvalue weighted by atomic mass is 79.9. The van der Waals surface area contributed by atoms with E-state index < -0.39 is 16.9 Å². The fourth-order valence-corrected chi connectivity index (χ4v) is 4.24. The molecule has 0 aliphatic carbocycles. The number of hydrogen-bond acceptors (Lipinski definition) is 2. The fourth-order valence-electron chi connectivity index (χ4n) is 1.69. The Bertz CT molecular complexity index is 392. The highest BCUT2D eigenvalue weighted by Gasteiger charge is 2.25. The zero-order chi connectivity index (χ0) is 13.5. The highest BCUT2D eigenvalue weighted by molar-refractivity contribution is 9.09. The van der Waals surface area contributed by atoms with Gasteiger partial charge < -0.3 is 16.6 Å². The molecule has 2 unspecified atom stereocenters. The van der Waals surface area contributed by atoms with Gasteiger partial charge in [-0.2, -0.15) is 10.9 Å². The summed E-state index contributed by atoms with van der Waals surface area (Å²) < 4.78 is 0. The van der Waals surface area contributed by atoms with Crippen LogP contribution in [0.2, 0.25) is 0 Å². The molecule has 0 saturated carbocycles. The van der Waals surface area contributed by atoms with Crippen LogP contribution in [0.15, 0.2) is 27.5 Å². The Morgan fingerprint density at radius 2 is 2.22 bits per heavy atom. The van der Waals surface area contributed by atoms with Crippen molar-refractivity contribution in [2.24, 2.45) is 16.5 Å². The van der Waals surface area contributed by atoms with Crippen LogP contribution in [0.1, 0.15) is 19.3 Å². The van der Waals surface area contributed by atoms with Crippen LogP contribution in [-0.4, -0.2) is 27.7 Å². The van der Waals surface area contributed by atoms with Gasteiger partial charge in [-0.15, -0.1) is 0 Å². The van der Waals surface area contributed by atoms with Crippen molar-refractivity contribution in [2.45, 2.75) is 24.6 Å². The topological polar surface area (TPSA) is 102 Å². The van der Waals surface area contributed by atoms with Crippen molar-refractivity contribution < 1.29 is 9.90 Å². The molecule has 0 spiro atoms. The molecule has 18 heavy (non-hydrogen) atoms. The van der Waals surface area contributed by atoms with E-state index in [1.165, 1.54) is 0 Å². The number of allylic oxidation sites excluding steroid dienone is 2. The van der Waals surface area contributed by atoms with Gasteiger partial charge >= 0.3 is 5.97 Å². The maximum atomic E-state index is 11.1. The highest BCUT2D eigenvalue weighted by Crippen LogP contribution is 2.47. The van der Waals surface area contributed by atoms with Gasteiger partial charge in [0.05, 0.1) is 10.3 Å². The summed E-state index contributed by atoms with van der Waals surface area (Å²) in [5, 5.41) is 11.8. The van der Waals surface area contributed by atoms with Gasteiger partial charge in [0, 0.05) is 5.33 Å². The number of hydrogen-bond donors (Lipinski definition) is 4. The van der Waals surface area contributed by atoms with Crippen molar-refractivity contribution >= 4 is 38.8 Å². The van der Waals surface area contributed by atoms with Gasteiger partial charge in [0.2, 0.25) is 0 Å². The standard InChI is InChI=1S/C11H18BrN3O2S/c12-6-2-1-5-9(15-11(13)14)18-7-3-4-8(18)10(16)17/h3-4,7,9,18H,1-2,5-6H2,(H,16,17)(H4,13,14,15). The summed E-state index contributed by atoms with van der Waals surface area (Å²) in [6.45, 7) is 0. The molecule has 1 aliphatic heterocycles. The molecular weight excluding hydrogens is 318 g/mol. The molecule has 0 bridgehead atoms. The second-order valence-corrected chi connectivity index (χ2v) is 6.81. The SMILES string of the molecule is NC(N)=NC(CCCCBr)[SH]1C=CC=C1C(=O)O. The Kier molecular flexibility index (Phi) is 6.28. The maximum Gasteiger partial charge on any atom is 0.340 e. The van der Waals surface area contributed by atoms with Crippen molar-refractivity contribution in [2.75, 3.05) is 5.33 Å². The number of nitrogens with two attached hydrogens (primary N) is 2. The van der Waals surface area contributed by atoms with Crippen LogP contribution in [0.3, 0.4) is 0 Å². The van der Waals surface area contributed by atoms with Crippen molar-refractivity contribution in [1.82, 2.24) is 0 Å². The Morgan fingerprint density at radius 3 is 2.78 bits per heavy atom. The summed E-state index contributed by atoms with van der Waals surface area (Å²) in [4.78, 5) is 15.7. The monoisotopic (exact) mass is 335 g/mol. The van der Waals surface area contributed by atoms with Gasteiger partial charge in [-0.05, 0) is 30.7 Å². The number of guanidine groups is 1. The largest absolute Gasteiger partial charge is 0.477 e. The van der Waals surface area contributed by atoms with E-state index in [0.29, 0.717) is 4.91 Å². The van der Waals surface area contributed by atoms with E-state index in [4.69, 9.17) is 16.6 Å². The van der Waals surface area contributed by atoms with Crippen LogP contribution in [0.25, 0.3) is 0 Å². The number of alkyl halides is 1. The molecule has 0 aromatic heterocycles. The molecule has 5 nitrogen and oxygen atoms in total. The van der Waals surface area contributed by atoms with Crippen molar-refractivity contribution in [3.8, 4) is 0 Å². The van der Waals surface area contributed by atoms with Gasteiger partial charge in [-0.1, -0.05) is 22.0 Å². The second-order valence-electron chi connectivity index (χ2n) is 3.83. The number of rotatable bonds is 7. The van der Waals surface area contributed by atoms with Crippen LogP contribution in [0.5, 0.6) is 0 Å². The average Bonchev–Trinajstić information content (AvgIpc) is 2.76. The zero-order valence-corrected chi connectivity index (χ0v) is 12.4. The number of thiol groups is 1. The molecule has 1 aliphatic rings. The first-order valence-electron chi connectivity index (χ1n) is 5.61. The molecule has 1 heterocycles. The normalized spacial score (nSPS) is 21.4. The van der Waals surface area contributed by atoms with Crippen LogP contribution in [0, 0.1) is 0 Å². The Hall–Kier alpha value is -0.950. The number of nitrogens with zero attached hydrogens (tertiary/aromatic N) is 1. The molecule has 102 valence electrons. The lowest BCUT2D eigenvalue weighted by atomic mass is 10.2. The molecule has 0 saturated heterocycles. The lowest BCUT2D eigenvalue weighted by molar-refractivity contribution is -0.131. The van der Waals surface area contributed by atoms with Gasteiger partial charge in [0.25, 0.3) is 0 Å². The quantitative estimate of drug-likeness (QED) is 0.187. The number of aliphatic carboxylic acids is 1. The molecule has 0 radical (unpaired) electrons. The van der Waals surface area contributed by atoms with Crippen LogP contribution in [0.4, 0.5) is 0 Å². The number of carbonyl (C=O) groups is 1. The van der Waals surface area contributed by atoms with Gasteiger partial charge in [0.1, 0.15) is 0 Å². The summed E-state index contributed by atoms with van der Waals surface area (Å²) >= 11 is 3.37.